The lowest BCUT2D eigenvalue weighted by Crippen LogP contribution is -2.36. The summed E-state index contributed by atoms with van der Waals surface area (Å²) in [5.74, 6) is -7.07. The molecule has 0 unspecified atom stereocenters. The summed E-state index contributed by atoms with van der Waals surface area (Å²) >= 11 is 0. The first-order valence-electron chi connectivity index (χ1n) is 29.4. The van der Waals surface area contributed by atoms with E-state index < -0.39 is 59.5 Å². The van der Waals surface area contributed by atoms with Gasteiger partial charge in [-0.3, -0.25) is 38.4 Å². The van der Waals surface area contributed by atoms with E-state index >= 15 is 0 Å². The third-order valence-electron chi connectivity index (χ3n) is 16.1. The number of unbranched alkanes of at least 4 members (excludes halogenated alkanes) is 2. The monoisotopic (exact) mass is 1140 g/mol. The predicted octanol–water partition coefficient (Wildman–Crippen LogP) is 8.79. The molecular weight excluding hydrogens is 1060 g/mol. The number of likely N-dealkylation sites (tertiary alicyclic amines) is 2. The van der Waals surface area contributed by atoms with E-state index in [1.54, 1.807) is 9.80 Å². The fourth-order valence-corrected chi connectivity index (χ4v) is 11.1. The molecule has 0 radical (unpaired) electrons. The van der Waals surface area contributed by atoms with Crippen LogP contribution in [0.5, 0.6) is 23.0 Å². The van der Waals surface area contributed by atoms with E-state index in [1.807, 2.05) is 0 Å². The Hall–Kier alpha value is -7.38. The molecule has 0 atom stereocenters. The Kier molecular flexibility index (Phi) is 24.1. The number of carbonyl (C=O) groups excluding carboxylic acids is 10. The van der Waals surface area contributed by atoms with Gasteiger partial charge in [0.05, 0.1) is 73.1 Å². The summed E-state index contributed by atoms with van der Waals surface area (Å²) in [6.45, 7) is 9.59. The zero-order chi connectivity index (χ0) is 58.4. The molecule has 5 aliphatic rings. The summed E-state index contributed by atoms with van der Waals surface area (Å²) in [5.41, 5.74) is 0.177. The third-order valence-corrected chi connectivity index (χ3v) is 16.1. The van der Waals surface area contributed by atoms with E-state index in [0.717, 1.165) is 50.7 Å². The lowest BCUT2D eigenvalue weighted by Gasteiger charge is -2.29. The number of nitrogens with zero attached hydrogens (tertiary/aromatic N) is 2. The van der Waals surface area contributed by atoms with E-state index in [-0.39, 0.29) is 96.1 Å². The largest absolute Gasteiger partial charge is 0.465 e. The van der Waals surface area contributed by atoms with E-state index in [4.69, 9.17) is 37.9 Å². The maximum Gasteiger partial charge on any atom is 0.330 e. The van der Waals surface area contributed by atoms with E-state index in [2.05, 4.69) is 13.2 Å². The minimum atomic E-state index is -0.561. The fraction of sp³-hybridized carbons (Fsp3) is 0.581. The van der Waals surface area contributed by atoms with Crippen molar-refractivity contribution in [1.29, 1.82) is 0 Å². The Morgan fingerprint density at radius 3 is 0.963 bits per heavy atom. The number of benzene rings is 2. The summed E-state index contributed by atoms with van der Waals surface area (Å²) in [6.07, 6.45) is 14.1. The Morgan fingerprint density at radius 2 is 0.659 bits per heavy atom. The minimum absolute atomic E-state index is 0.0469. The predicted molar refractivity (Wildman–Crippen MR) is 294 cm³/mol. The van der Waals surface area contributed by atoms with Crippen molar-refractivity contribution in [2.45, 2.75) is 141 Å². The Balaban J connectivity index is 0.894. The number of piperidine rings is 2. The first kappa shape index (κ1) is 62.2. The highest BCUT2D eigenvalue weighted by Crippen LogP contribution is 2.37. The topological polar surface area (TPSA) is 251 Å². The number of hydrogen-bond donors (Lipinski definition) is 0. The Bertz CT molecular complexity index is 2430. The summed E-state index contributed by atoms with van der Waals surface area (Å²) in [6, 6.07) is 8.75. The number of rotatable bonds is 24. The molecule has 5 fully saturated rings. The second-order valence-corrected chi connectivity index (χ2v) is 21.8. The molecule has 20 nitrogen and oxygen atoms in total. The second kappa shape index (κ2) is 31.7. The van der Waals surface area contributed by atoms with Crippen LogP contribution in [0.4, 0.5) is 0 Å². The quantitative estimate of drug-likeness (QED) is 0.0313. The van der Waals surface area contributed by atoms with Crippen LogP contribution in [0.25, 0.3) is 0 Å². The third kappa shape index (κ3) is 18.3. The van der Waals surface area contributed by atoms with Crippen LogP contribution in [0.1, 0.15) is 162 Å². The van der Waals surface area contributed by atoms with Gasteiger partial charge in [-0.15, -0.1) is 0 Å². The zero-order valence-electron chi connectivity index (χ0n) is 47.0. The smallest absolute Gasteiger partial charge is 0.330 e. The van der Waals surface area contributed by atoms with E-state index in [1.165, 1.54) is 36.4 Å². The maximum absolute atomic E-state index is 14.0. The molecule has 0 N–H and O–H groups in total. The minimum Gasteiger partial charge on any atom is -0.465 e. The average Bonchev–Trinajstić information content (AvgIpc) is 3.66. The van der Waals surface area contributed by atoms with Gasteiger partial charge in [-0.05, 0) is 178 Å². The first-order valence-corrected chi connectivity index (χ1v) is 29.4. The van der Waals surface area contributed by atoms with E-state index in [0.29, 0.717) is 129 Å². The molecule has 2 aliphatic heterocycles. The highest BCUT2D eigenvalue weighted by atomic mass is 16.6. The van der Waals surface area contributed by atoms with Gasteiger partial charge in [-0.2, -0.15) is 0 Å². The van der Waals surface area contributed by atoms with Crippen molar-refractivity contribution in [2.75, 3.05) is 52.6 Å². The molecule has 20 heteroatoms. The standard InChI is InChI=1S/C62H78N2O18/c1-3-53(65)75-35-11-13-37-77-57(69)41-15-19-45(20-16-41)61(73)81-51-29-27-47(39-49(51)55(67)63-31-7-5-8-32-63)79-59(71)43-23-25-44(26-24-43)60(72)80-48-28-30-52(50(40-48)56(68)64-33-9-6-10-34-64)82-62(74)46-21-17-42(18-22-46)58(70)78-38-14-12-36-76-54(66)4-2/h3-4,27-30,39-46H,1-2,5-26,31-38H2. The number of esters is 8. The summed E-state index contributed by atoms with van der Waals surface area (Å²) in [7, 11) is 0. The summed E-state index contributed by atoms with van der Waals surface area (Å²) < 4.78 is 44.3. The van der Waals surface area contributed by atoms with Gasteiger partial charge < -0.3 is 47.7 Å². The number of carbonyl (C=O) groups is 10. The zero-order valence-corrected chi connectivity index (χ0v) is 47.0. The molecule has 3 aliphatic carbocycles. The average molecular weight is 1140 g/mol. The van der Waals surface area contributed by atoms with Crippen LogP contribution in [-0.2, 0) is 57.3 Å². The SMILES string of the molecule is C=CC(=O)OCCCCOC(=O)C1CCC(C(=O)Oc2ccc(OC(=O)C3CCC(C(=O)Oc4ccc(OC(=O)C5CCC(C(=O)OCCCCOC(=O)C=C)CC5)c(C(=O)N5CCCCC5)c4)CC3)cc2C(=O)N2CCCCC2)CC1. The normalized spacial score (nSPS) is 21.8. The second-order valence-electron chi connectivity index (χ2n) is 21.8. The summed E-state index contributed by atoms with van der Waals surface area (Å²) in [5, 5.41) is 0. The van der Waals surface area contributed by atoms with Crippen LogP contribution in [0.15, 0.2) is 61.7 Å². The molecule has 3 saturated carbocycles. The number of ether oxygens (including phenoxy) is 8. The van der Waals surface area contributed by atoms with Crippen LogP contribution in [-0.4, -0.2) is 122 Å². The molecule has 0 bridgehead atoms. The van der Waals surface area contributed by atoms with Gasteiger partial charge >= 0.3 is 47.8 Å². The van der Waals surface area contributed by atoms with Gasteiger partial charge in [0.2, 0.25) is 0 Å². The lowest BCUT2D eigenvalue weighted by atomic mass is 9.82. The molecule has 7 rings (SSSR count). The van der Waals surface area contributed by atoms with E-state index in [9.17, 15) is 47.9 Å². The van der Waals surface area contributed by atoms with Crippen LogP contribution in [0.2, 0.25) is 0 Å². The molecule has 2 saturated heterocycles. The van der Waals surface area contributed by atoms with Crippen LogP contribution in [0, 0.1) is 35.5 Å². The number of hydrogen-bond acceptors (Lipinski definition) is 18. The molecular formula is C62H78N2O18. The highest BCUT2D eigenvalue weighted by Gasteiger charge is 2.37. The first-order chi connectivity index (χ1) is 39.7. The van der Waals surface area contributed by atoms with Crippen molar-refractivity contribution < 1.29 is 85.8 Å². The molecule has 2 aromatic carbocycles. The van der Waals surface area contributed by atoms with Gasteiger partial charge in [0, 0.05) is 38.3 Å². The van der Waals surface area contributed by atoms with Gasteiger partial charge in [-0.1, -0.05) is 13.2 Å². The van der Waals surface area contributed by atoms with Crippen LogP contribution < -0.4 is 18.9 Å². The van der Waals surface area contributed by atoms with Crippen molar-refractivity contribution in [3.05, 3.63) is 72.8 Å². The number of amides is 2. The maximum atomic E-state index is 14.0. The van der Waals surface area contributed by atoms with Crippen molar-refractivity contribution in [1.82, 2.24) is 9.80 Å². The molecule has 2 heterocycles. The summed E-state index contributed by atoms with van der Waals surface area (Å²) in [4.78, 5) is 134. The van der Waals surface area contributed by atoms with Gasteiger partial charge in [0.25, 0.3) is 11.8 Å². The molecule has 82 heavy (non-hydrogen) atoms. The molecule has 0 spiro atoms. The fourth-order valence-electron chi connectivity index (χ4n) is 11.1. The molecule has 2 aromatic rings. The van der Waals surface area contributed by atoms with Gasteiger partial charge in [-0.25, -0.2) is 9.59 Å². The molecule has 444 valence electrons. The van der Waals surface area contributed by atoms with Crippen LogP contribution >= 0.6 is 0 Å². The lowest BCUT2D eigenvalue weighted by molar-refractivity contribution is -0.152. The van der Waals surface area contributed by atoms with Crippen molar-refractivity contribution in [3.8, 4) is 23.0 Å². The Morgan fingerprint density at radius 1 is 0.378 bits per heavy atom. The van der Waals surface area contributed by atoms with Crippen molar-refractivity contribution in [3.63, 3.8) is 0 Å². The van der Waals surface area contributed by atoms with Crippen LogP contribution in [0.3, 0.4) is 0 Å². The highest BCUT2D eigenvalue weighted by molar-refractivity contribution is 5.99. The Labute approximate surface area is 478 Å². The van der Waals surface area contributed by atoms with Gasteiger partial charge in [0.15, 0.2) is 0 Å². The molecule has 0 aromatic heterocycles. The van der Waals surface area contributed by atoms with Gasteiger partial charge in [0.1, 0.15) is 23.0 Å². The molecule has 2 amide bonds. The van der Waals surface area contributed by atoms with Crippen molar-refractivity contribution >= 4 is 59.6 Å². The van der Waals surface area contributed by atoms with Crippen molar-refractivity contribution in [2.24, 2.45) is 35.5 Å².